The van der Waals surface area contributed by atoms with Crippen LogP contribution in [0.1, 0.15) is 26.6 Å². The minimum absolute atomic E-state index is 0.164. The molecule has 5 nitrogen and oxygen atoms in total. The summed E-state index contributed by atoms with van der Waals surface area (Å²) in [6, 6.07) is 1.85. The Bertz CT molecular complexity index is 318. The third-order valence-corrected chi connectivity index (χ3v) is 1.27. The molecule has 0 aliphatic rings. The fourth-order valence-electron chi connectivity index (χ4n) is 0.668. The van der Waals surface area contributed by atoms with Crippen molar-refractivity contribution in [2.45, 2.75) is 33.1 Å². The lowest BCUT2D eigenvalue weighted by Crippen LogP contribution is -2.21. The summed E-state index contributed by atoms with van der Waals surface area (Å²) in [7, 11) is 0. The van der Waals surface area contributed by atoms with E-state index in [2.05, 4.69) is 10.1 Å². The first kappa shape index (κ1) is 9.68. The molecule has 1 heterocycles. The van der Waals surface area contributed by atoms with Gasteiger partial charge in [0.1, 0.15) is 19.1 Å². The Morgan fingerprint density at radius 3 is 2.77 bits per heavy atom. The molecule has 5 heteroatoms. The van der Waals surface area contributed by atoms with Crippen LogP contribution in [0.25, 0.3) is 0 Å². The summed E-state index contributed by atoms with van der Waals surface area (Å²) in [6.45, 7) is 6.18. The van der Waals surface area contributed by atoms with E-state index in [1.807, 2.05) is 26.8 Å². The second-order valence-electron chi connectivity index (χ2n) is 3.61. The van der Waals surface area contributed by atoms with Gasteiger partial charge in [-0.1, -0.05) is 0 Å². The van der Waals surface area contributed by atoms with Crippen LogP contribution >= 0.6 is 0 Å². The first-order chi connectivity index (χ1) is 6.01. The molecule has 0 amide bonds. The summed E-state index contributed by atoms with van der Waals surface area (Å²) in [6.07, 6.45) is 1.48. The SMILES string of the molecule is CC(C)(C)OCn1cnc(C#N)n1. The molecule has 0 fully saturated rings. The molecular weight excluding hydrogens is 168 g/mol. The van der Waals surface area contributed by atoms with Crippen molar-refractivity contribution >= 4 is 0 Å². The normalized spacial score (nSPS) is 11.2. The van der Waals surface area contributed by atoms with Gasteiger partial charge >= 0.3 is 0 Å². The highest BCUT2D eigenvalue weighted by Crippen LogP contribution is 2.07. The Hall–Kier alpha value is -1.41. The lowest BCUT2D eigenvalue weighted by molar-refractivity contribution is -0.0481. The van der Waals surface area contributed by atoms with Crippen LogP contribution in [0.4, 0.5) is 0 Å². The summed E-state index contributed by atoms with van der Waals surface area (Å²) < 4.78 is 6.91. The molecule has 0 radical (unpaired) electrons. The van der Waals surface area contributed by atoms with E-state index in [4.69, 9.17) is 10.00 Å². The zero-order chi connectivity index (χ0) is 9.90. The van der Waals surface area contributed by atoms with Gasteiger partial charge in [0.2, 0.25) is 0 Å². The lowest BCUT2D eigenvalue weighted by atomic mass is 10.2. The minimum atomic E-state index is -0.210. The van der Waals surface area contributed by atoms with Crippen LogP contribution in [0.15, 0.2) is 6.33 Å². The van der Waals surface area contributed by atoms with Crippen LogP contribution in [0.3, 0.4) is 0 Å². The zero-order valence-electron chi connectivity index (χ0n) is 7.98. The minimum Gasteiger partial charge on any atom is -0.354 e. The molecule has 0 aromatic carbocycles. The van der Waals surface area contributed by atoms with E-state index in [1.165, 1.54) is 11.0 Å². The van der Waals surface area contributed by atoms with Crippen LogP contribution in [0.5, 0.6) is 0 Å². The maximum atomic E-state index is 8.45. The molecule has 13 heavy (non-hydrogen) atoms. The van der Waals surface area contributed by atoms with Gasteiger partial charge in [-0.15, -0.1) is 5.10 Å². The average Bonchev–Trinajstić information content (AvgIpc) is 2.47. The fraction of sp³-hybridized carbons (Fsp3) is 0.625. The van der Waals surface area contributed by atoms with Gasteiger partial charge < -0.3 is 4.74 Å². The number of nitrogens with zero attached hydrogens (tertiary/aromatic N) is 4. The maximum Gasteiger partial charge on any atom is 0.252 e. The van der Waals surface area contributed by atoms with Gasteiger partial charge in [-0.3, -0.25) is 0 Å². The zero-order valence-corrected chi connectivity index (χ0v) is 7.98. The molecule has 0 saturated heterocycles. The highest BCUT2D eigenvalue weighted by molar-refractivity contribution is 5.05. The van der Waals surface area contributed by atoms with E-state index in [9.17, 15) is 0 Å². The molecule has 1 aromatic rings. The maximum absolute atomic E-state index is 8.45. The molecule has 0 aliphatic carbocycles. The van der Waals surface area contributed by atoms with E-state index in [0.29, 0.717) is 6.73 Å². The van der Waals surface area contributed by atoms with Crippen molar-refractivity contribution in [1.82, 2.24) is 14.8 Å². The van der Waals surface area contributed by atoms with Crippen LogP contribution in [0.2, 0.25) is 0 Å². The van der Waals surface area contributed by atoms with Crippen molar-refractivity contribution in [3.05, 3.63) is 12.2 Å². The number of rotatable bonds is 2. The summed E-state index contributed by atoms with van der Waals surface area (Å²) in [5, 5.41) is 12.3. The summed E-state index contributed by atoms with van der Waals surface area (Å²) >= 11 is 0. The Morgan fingerprint density at radius 1 is 1.62 bits per heavy atom. The van der Waals surface area contributed by atoms with Crippen LogP contribution in [-0.4, -0.2) is 20.4 Å². The molecule has 0 N–H and O–H groups in total. The number of nitriles is 1. The molecule has 0 unspecified atom stereocenters. The van der Waals surface area contributed by atoms with Crippen molar-refractivity contribution in [1.29, 1.82) is 5.26 Å². The first-order valence-electron chi connectivity index (χ1n) is 3.95. The van der Waals surface area contributed by atoms with Crippen molar-refractivity contribution < 1.29 is 4.74 Å². The number of ether oxygens (including phenoxy) is 1. The highest BCUT2D eigenvalue weighted by Gasteiger charge is 2.10. The molecule has 1 aromatic heterocycles. The first-order valence-corrected chi connectivity index (χ1v) is 3.95. The van der Waals surface area contributed by atoms with E-state index in [-0.39, 0.29) is 11.4 Å². The summed E-state index contributed by atoms with van der Waals surface area (Å²) in [4.78, 5) is 3.75. The summed E-state index contributed by atoms with van der Waals surface area (Å²) in [5.41, 5.74) is -0.210. The van der Waals surface area contributed by atoms with Gasteiger partial charge in [-0.25, -0.2) is 9.67 Å². The monoisotopic (exact) mass is 180 g/mol. The van der Waals surface area contributed by atoms with Crippen molar-refractivity contribution in [2.24, 2.45) is 0 Å². The number of hydrogen-bond donors (Lipinski definition) is 0. The Labute approximate surface area is 77.0 Å². The van der Waals surface area contributed by atoms with Gasteiger partial charge in [0.25, 0.3) is 5.82 Å². The lowest BCUT2D eigenvalue weighted by Gasteiger charge is -2.18. The molecule has 0 spiro atoms. The second kappa shape index (κ2) is 3.54. The molecule has 0 saturated carbocycles. The van der Waals surface area contributed by atoms with Gasteiger partial charge in [0, 0.05) is 0 Å². The van der Waals surface area contributed by atoms with E-state index in [1.54, 1.807) is 0 Å². The topological polar surface area (TPSA) is 63.7 Å². The van der Waals surface area contributed by atoms with Crippen LogP contribution in [-0.2, 0) is 11.5 Å². The van der Waals surface area contributed by atoms with Crippen LogP contribution in [0, 0.1) is 11.3 Å². The highest BCUT2D eigenvalue weighted by atomic mass is 16.5. The smallest absolute Gasteiger partial charge is 0.252 e. The van der Waals surface area contributed by atoms with Gasteiger partial charge in [0.05, 0.1) is 5.60 Å². The number of hydrogen-bond acceptors (Lipinski definition) is 4. The van der Waals surface area contributed by atoms with Gasteiger partial charge in [-0.2, -0.15) is 5.26 Å². The van der Waals surface area contributed by atoms with Gasteiger partial charge in [-0.05, 0) is 20.8 Å². The average molecular weight is 180 g/mol. The van der Waals surface area contributed by atoms with E-state index in [0.717, 1.165) is 0 Å². The standard InChI is InChI=1S/C8H12N4O/c1-8(2,3)13-6-12-5-10-7(4-9)11-12/h5H,6H2,1-3H3. The van der Waals surface area contributed by atoms with Crippen molar-refractivity contribution in [2.75, 3.05) is 0 Å². The Balaban J connectivity index is 2.52. The molecule has 70 valence electrons. The van der Waals surface area contributed by atoms with Crippen molar-refractivity contribution in [3.63, 3.8) is 0 Å². The molecule has 0 bridgehead atoms. The third kappa shape index (κ3) is 3.22. The molecule has 0 atom stereocenters. The fourth-order valence-corrected chi connectivity index (χ4v) is 0.668. The second-order valence-corrected chi connectivity index (χ2v) is 3.61. The van der Waals surface area contributed by atoms with Crippen LogP contribution < -0.4 is 0 Å². The van der Waals surface area contributed by atoms with E-state index >= 15 is 0 Å². The molecule has 0 aliphatic heterocycles. The number of aromatic nitrogens is 3. The Kier molecular flexibility index (Phi) is 2.63. The summed E-state index contributed by atoms with van der Waals surface area (Å²) in [5.74, 6) is 0.164. The largest absolute Gasteiger partial charge is 0.354 e. The van der Waals surface area contributed by atoms with E-state index < -0.39 is 0 Å². The van der Waals surface area contributed by atoms with Crippen molar-refractivity contribution in [3.8, 4) is 6.07 Å². The van der Waals surface area contributed by atoms with Gasteiger partial charge in [0.15, 0.2) is 0 Å². The predicted molar refractivity (Wildman–Crippen MR) is 45.6 cm³/mol. The Morgan fingerprint density at radius 2 is 2.31 bits per heavy atom. The molecular formula is C8H12N4O. The third-order valence-electron chi connectivity index (χ3n) is 1.27. The molecule has 1 rings (SSSR count). The predicted octanol–water partition coefficient (Wildman–Crippen LogP) is 0.922. The quantitative estimate of drug-likeness (QED) is 0.679.